The molecule has 1 fully saturated rings. The number of nitrogens with two attached hydrogens (primary N) is 1. The van der Waals surface area contributed by atoms with Gasteiger partial charge in [0.25, 0.3) is 0 Å². The third-order valence-electron chi connectivity index (χ3n) is 5.17. The summed E-state index contributed by atoms with van der Waals surface area (Å²) in [6.45, 7) is 6.21. The highest BCUT2D eigenvalue weighted by molar-refractivity contribution is 7.18. The van der Waals surface area contributed by atoms with Crippen molar-refractivity contribution in [3.63, 3.8) is 0 Å². The van der Waals surface area contributed by atoms with Crippen LogP contribution in [0.4, 0.5) is 5.82 Å². The van der Waals surface area contributed by atoms with Crippen LogP contribution in [0.3, 0.4) is 0 Å². The predicted octanol–water partition coefficient (Wildman–Crippen LogP) is 2.68. The summed E-state index contributed by atoms with van der Waals surface area (Å²) in [5, 5.41) is 5.46. The summed E-state index contributed by atoms with van der Waals surface area (Å²) >= 11 is 1.69. The Morgan fingerprint density at radius 1 is 1.04 bits per heavy atom. The fourth-order valence-corrected chi connectivity index (χ4v) is 4.65. The predicted molar refractivity (Wildman–Crippen MR) is 111 cm³/mol. The molecule has 1 aliphatic rings. The van der Waals surface area contributed by atoms with Gasteiger partial charge in [-0.25, -0.2) is 9.97 Å². The van der Waals surface area contributed by atoms with Crippen LogP contribution < -0.4 is 11.1 Å². The van der Waals surface area contributed by atoms with Gasteiger partial charge in [-0.15, -0.1) is 11.3 Å². The van der Waals surface area contributed by atoms with Gasteiger partial charge in [0, 0.05) is 39.3 Å². The van der Waals surface area contributed by atoms with Crippen molar-refractivity contribution in [2.45, 2.75) is 13.1 Å². The summed E-state index contributed by atoms with van der Waals surface area (Å²) in [5.41, 5.74) is 11.5. The molecular formula is C20H22N6S. The average Bonchev–Trinajstić information content (AvgIpc) is 3.31. The first-order chi connectivity index (χ1) is 13.3. The van der Waals surface area contributed by atoms with E-state index >= 15 is 0 Å². The van der Waals surface area contributed by atoms with Crippen molar-refractivity contribution in [2.75, 3.05) is 31.9 Å². The van der Waals surface area contributed by atoms with Crippen molar-refractivity contribution in [1.82, 2.24) is 24.8 Å². The maximum Gasteiger partial charge on any atom is 0.152 e. The first-order valence-electron chi connectivity index (χ1n) is 9.26. The molecule has 3 aromatic heterocycles. The minimum Gasteiger partial charge on any atom is -0.382 e. The number of piperazine rings is 1. The average molecular weight is 379 g/mol. The summed E-state index contributed by atoms with van der Waals surface area (Å²) in [7, 11) is 0. The minimum absolute atomic E-state index is 0.501. The molecule has 1 aliphatic heterocycles. The fraction of sp³-hybridized carbons (Fsp3) is 0.300. The van der Waals surface area contributed by atoms with E-state index in [1.165, 1.54) is 11.1 Å². The quantitative estimate of drug-likeness (QED) is 0.571. The minimum atomic E-state index is 0.501. The van der Waals surface area contributed by atoms with Gasteiger partial charge in [-0.05, 0) is 22.6 Å². The van der Waals surface area contributed by atoms with E-state index in [0.717, 1.165) is 60.5 Å². The van der Waals surface area contributed by atoms with Gasteiger partial charge in [0.1, 0.15) is 5.52 Å². The van der Waals surface area contributed by atoms with Crippen molar-refractivity contribution in [1.29, 1.82) is 0 Å². The normalized spacial score (nSPS) is 15.7. The monoisotopic (exact) mass is 378 g/mol. The van der Waals surface area contributed by atoms with E-state index in [-0.39, 0.29) is 0 Å². The number of aromatic nitrogens is 3. The molecule has 7 heteroatoms. The van der Waals surface area contributed by atoms with Gasteiger partial charge in [-0.1, -0.05) is 24.3 Å². The van der Waals surface area contributed by atoms with Crippen LogP contribution in [0.1, 0.15) is 11.1 Å². The summed E-state index contributed by atoms with van der Waals surface area (Å²) in [6, 6.07) is 10.9. The molecule has 1 aromatic carbocycles. The molecule has 4 aromatic rings. The van der Waals surface area contributed by atoms with Gasteiger partial charge in [0.15, 0.2) is 5.82 Å². The van der Waals surface area contributed by atoms with Crippen LogP contribution >= 0.6 is 11.3 Å². The first-order valence-corrected chi connectivity index (χ1v) is 10.1. The van der Waals surface area contributed by atoms with Crippen molar-refractivity contribution >= 4 is 38.4 Å². The Morgan fingerprint density at radius 3 is 2.56 bits per heavy atom. The lowest BCUT2D eigenvalue weighted by molar-refractivity contribution is 0.233. The molecular weight excluding hydrogens is 356 g/mol. The van der Waals surface area contributed by atoms with E-state index in [0.29, 0.717) is 5.82 Å². The summed E-state index contributed by atoms with van der Waals surface area (Å²) in [5.74, 6) is 0.501. The van der Waals surface area contributed by atoms with Gasteiger partial charge in [-0.2, -0.15) is 0 Å². The second-order valence-corrected chi connectivity index (χ2v) is 7.96. The van der Waals surface area contributed by atoms with Crippen LogP contribution in [0.15, 0.2) is 42.0 Å². The number of nitrogens with one attached hydrogen (secondary N) is 1. The van der Waals surface area contributed by atoms with Gasteiger partial charge >= 0.3 is 0 Å². The number of hydrogen-bond acceptors (Lipinski definition) is 6. The van der Waals surface area contributed by atoms with Gasteiger partial charge in [-0.3, -0.25) is 4.90 Å². The number of nitrogen functional groups attached to an aromatic ring is 1. The van der Waals surface area contributed by atoms with Crippen LogP contribution in [0.25, 0.3) is 21.3 Å². The first kappa shape index (κ1) is 16.7. The number of hydrogen-bond donors (Lipinski definition) is 2. The Morgan fingerprint density at radius 2 is 1.78 bits per heavy atom. The Labute approximate surface area is 161 Å². The van der Waals surface area contributed by atoms with Crippen molar-refractivity contribution in [2.24, 2.45) is 0 Å². The maximum atomic E-state index is 6.11. The fourth-order valence-electron chi connectivity index (χ4n) is 3.75. The van der Waals surface area contributed by atoms with Crippen LogP contribution in [-0.2, 0) is 13.1 Å². The molecule has 0 radical (unpaired) electrons. The summed E-state index contributed by atoms with van der Waals surface area (Å²) < 4.78 is 3.32. The van der Waals surface area contributed by atoms with Crippen LogP contribution in [0, 0.1) is 0 Å². The number of benzene rings is 1. The Bertz CT molecular complexity index is 1080. The van der Waals surface area contributed by atoms with Crippen molar-refractivity contribution in [3.8, 4) is 0 Å². The number of anilines is 1. The van der Waals surface area contributed by atoms with Gasteiger partial charge in [0.05, 0.1) is 22.1 Å². The highest BCUT2D eigenvalue weighted by Crippen LogP contribution is 2.31. The molecule has 0 atom stereocenters. The molecule has 27 heavy (non-hydrogen) atoms. The van der Waals surface area contributed by atoms with E-state index in [1.54, 1.807) is 11.3 Å². The molecule has 5 rings (SSSR count). The lowest BCUT2D eigenvalue weighted by Gasteiger charge is -2.27. The molecule has 0 amide bonds. The second-order valence-electron chi connectivity index (χ2n) is 7.04. The zero-order valence-corrected chi connectivity index (χ0v) is 15.9. The third-order valence-corrected chi connectivity index (χ3v) is 6.08. The smallest absolute Gasteiger partial charge is 0.152 e. The molecule has 6 nitrogen and oxygen atoms in total. The van der Waals surface area contributed by atoms with E-state index in [1.807, 2.05) is 12.4 Å². The van der Waals surface area contributed by atoms with Crippen LogP contribution in [-0.4, -0.2) is 45.6 Å². The maximum absolute atomic E-state index is 6.11. The number of imidazole rings is 1. The van der Waals surface area contributed by atoms with E-state index in [2.05, 4.69) is 54.4 Å². The summed E-state index contributed by atoms with van der Waals surface area (Å²) in [6.07, 6.45) is 1.87. The van der Waals surface area contributed by atoms with E-state index in [4.69, 9.17) is 5.73 Å². The molecule has 4 heterocycles. The largest absolute Gasteiger partial charge is 0.382 e. The number of nitrogens with zero attached hydrogens (tertiary/aromatic N) is 4. The van der Waals surface area contributed by atoms with Crippen molar-refractivity contribution < 1.29 is 0 Å². The highest BCUT2D eigenvalue weighted by Gasteiger charge is 2.14. The molecule has 0 bridgehead atoms. The third kappa shape index (κ3) is 3.18. The molecule has 0 aliphatic carbocycles. The number of pyridine rings is 1. The Hall–Kier alpha value is -2.48. The topological polar surface area (TPSA) is 72.0 Å². The molecule has 0 saturated carbocycles. The Balaban J connectivity index is 1.40. The van der Waals surface area contributed by atoms with Gasteiger partial charge in [0.2, 0.25) is 0 Å². The van der Waals surface area contributed by atoms with E-state index < -0.39 is 0 Å². The van der Waals surface area contributed by atoms with Gasteiger partial charge < -0.3 is 15.6 Å². The Kier molecular flexibility index (Phi) is 4.27. The second kappa shape index (κ2) is 6.92. The zero-order chi connectivity index (χ0) is 18.2. The molecule has 0 spiro atoms. The molecule has 138 valence electrons. The molecule has 1 saturated heterocycles. The van der Waals surface area contributed by atoms with Crippen LogP contribution in [0.5, 0.6) is 0 Å². The summed E-state index contributed by atoms with van der Waals surface area (Å²) in [4.78, 5) is 11.5. The van der Waals surface area contributed by atoms with Crippen molar-refractivity contribution in [3.05, 3.63) is 53.2 Å². The lowest BCUT2D eigenvalue weighted by atomic mass is 10.1. The number of thiophene rings is 1. The number of fused-ring (bicyclic) bond motifs is 3. The molecule has 3 N–H and O–H groups in total. The lowest BCUT2D eigenvalue weighted by Crippen LogP contribution is -2.42. The SMILES string of the molecule is Nc1nc2ccsc2c2c1ncn2Cc1ccc(CN2CCNCC2)cc1. The standard InChI is InChI=1S/C20H22N6S/c21-20-17-18(19-16(24-20)5-10-27-19)26(13-23-17)12-15-3-1-14(2-4-15)11-25-8-6-22-7-9-25/h1-5,10,13,22H,6-9,11-12H2,(H2,21,24). The van der Waals surface area contributed by atoms with Crippen LogP contribution in [0.2, 0.25) is 0 Å². The molecule has 0 unspecified atom stereocenters. The van der Waals surface area contributed by atoms with E-state index in [9.17, 15) is 0 Å². The highest BCUT2D eigenvalue weighted by atomic mass is 32.1. The number of rotatable bonds is 4. The zero-order valence-electron chi connectivity index (χ0n) is 15.1.